The van der Waals surface area contributed by atoms with Gasteiger partial charge in [-0.2, -0.15) is 4.31 Å². The molecule has 0 spiro atoms. The van der Waals surface area contributed by atoms with Crippen molar-refractivity contribution in [3.8, 4) is 0 Å². The Labute approximate surface area is 187 Å². The number of nitrogens with one attached hydrogen (secondary N) is 1. The van der Waals surface area contributed by atoms with E-state index in [1.54, 1.807) is 6.07 Å². The Balaban J connectivity index is 1.35. The van der Waals surface area contributed by atoms with E-state index in [1.807, 2.05) is 18.2 Å². The van der Waals surface area contributed by atoms with Crippen LogP contribution >= 0.6 is 23.2 Å². The molecule has 1 aliphatic carbocycles. The van der Waals surface area contributed by atoms with E-state index in [0.29, 0.717) is 19.4 Å². The lowest BCUT2D eigenvalue weighted by molar-refractivity contribution is -0.126. The van der Waals surface area contributed by atoms with E-state index in [4.69, 9.17) is 23.2 Å². The van der Waals surface area contributed by atoms with Crippen LogP contribution in [0.4, 0.5) is 0 Å². The van der Waals surface area contributed by atoms with Gasteiger partial charge >= 0.3 is 0 Å². The zero-order chi connectivity index (χ0) is 21.4. The predicted molar refractivity (Wildman–Crippen MR) is 118 cm³/mol. The standard InChI is InChI=1S/C22H24Cl2N2O3S/c23-18-7-4-8-19(24)20(18)30(28,29)26-13-9-16(10-14-26)21(27)25-15-22(11-12-22)17-5-2-1-3-6-17/h1-8,16H,9-15H2,(H,25,27). The number of benzene rings is 2. The fourth-order valence-corrected chi connectivity index (χ4v) is 6.69. The molecule has 2 aromatic carbocycles. The molecule has 30 heavy (non-hydrogen) atoms. The van der Waals surface area contributed by atoms with Crippen molar-refractivity contribution in [1.29, 1.82) is 0 Å². The van der Waals surface area contributed by atoms with Crippen molar-refractivity contribution in [3.63, 3.8) is 0 Å². The maximum Gasteiger partial charge on any atom is 0.246 e. The van der Waals surface area contributed by atoms with Crippen LogP contribution in [0, 0.1) is 5.92 Å². The highest BCUT2D eigenvalue weighted by Crippen LogP contribution is 2.47. The van der Waals surface area contributed by atoms with Crippen LogP contribution in [0.2, 0.25) is 10.0 Å². The maximum atomic E-state index is 13.0. The predicted octanol–water partition coefficient (Wildman–Crippen LogP) is 4.24. The van der Waals surface area contributed by atoms with Gasteiger partial charge < -0.3 is 5.32 Å². The van der Waals surface area contributed by atoms with Crippen molar-refractivity contribution in [2.75, 3.05) is 19.6 Å². The van der Waals surface area contributed by atoms with Gasteiger partial charge in [-0.1, -0.05) is 59.6 Å². The van der Waals surface area contributed by atoms with E-state index >= 15 is 0 Å². The first-order valence-corrected chi connectivity index (χ1v) is 12.3. The summed E-state index contributed by atoms with van der Waals surface area (Å²) in [5.41, 5.74) is 1.32. The molecule has 160 valence electrons. The topological polar surface area (TPSA) is 66.5 Å². The molecule has 1 aliphatic heterocycles. The van der Waals surface area contributed by atoms with Gasteiger partial charge in [-0.3, -0.25) is 4.79 Å². The van der Waals surface area contributed by atoms with Crippen molar-refractivity contribution in [2.24, 2.45) is 5.92 Å². The first-order valence-electron chi connectivity index (χ1n) is 10.1. The first-order chi connectivity index (χ1) is 14.3. The molecule has 1 heterocycles. The second-order valence-electron chi connectivity index (χ2n) is 8.09. The van der Waals surface area contributed by atoms with E-state index in [1.165, 1.54) is 22.0 Å². The second-order valence-corrected chi connectivity index (χ2v) is 10.8. The molecule has 2 fully saturated rings. The van der Waals surface area contributed by atoms with E-state index < -0.39 is 10.0 Å². The molecule has 0 unspecified atom stereocenters. The van der Waals surface area contributed by atoms with Gasteiger partial charge in [0, 0.05) is 31.0 Å². The lowest BCUT2D eigenvalue weighted by Gasteiger charge is -2.31. The van der Waals surface area contributed by atoms with Crippen LogP contribution in [0.5, 0.6) is 0 Å². The summed E-state index contributed by atoms with van der Waals surface area (Å²) >= 11 is 12.2. The van der Waals surface area contributed by atoms with E-state index in [9.17, 15) is 13.2 Å². The highest BCUT2D eigenvalue weighted by atomic mass is 35.5. The molecule has 0 atom stereocenters. The Bertz CT molecular complexity index is 1010. The second kappa shape index (κ2) is 8.50. The van der Waals surface area contributed by atoms with Gasteiger partial charge in [0.2, 0.25) is 15.9 Å². The fraction of sp³-hybridized carbons (Fsp3) is 0.409. The molecule has 4 rings (SSSR count). The zero-order valence-electron chi connectivity index (χ0n) is 16.5. The molecule has 1 saturated heterocycles. The number of halogens is 2. The Hall–Kier alpha value is -1.60. The minimum atomic E-state index is -3.80. The van der Waals surface area contributed by atoms with Crippen LogP contribution in [0.15, 0.2) is 53.4 Å². The fourth-order valence-electron chi connectivity index (χ4n) is 4.13. The highest BCUT2D eigenvalue weighted by Gasteiger charge is 2.44. The van der Waals surface area contributed by atoms with Gasteiger partial charge in [0.15, 0.2) is 0 Å². The number of hydrogen-bond donors (Lipinski definition) is 1. The normalized spacial score (nSPS) is 19.4. The number of nitrogens with zero attached hydrogens (tertiary/aromatic N) is 1. The Morgan fingerprint density at radius 1 is 1.00 bits per heavy atom. The molecule has 0 radical (unpaired) electrons. The summed E-state index contributed by atoms with van der Waals surface area (Å²) in [6, 6.07) is 14.9. The van der Waals surface area contributed by atoms with Gasteiger partial charge in [0.1, 0.15) is 4.90 Å². The quantitative estimate of drug-likeness (QED) is 0.691. The van der Waals surface area contributed by atoms with E-state index in [-0.39, 0.29) is 45.3 Å². The van der Waals surface area contributed by atoms with Crippen LogP contribution in [0.25, 0.3) is 0 Å². The lowest BCUT2D eigenvalue weighted by atomic mass is 9.94. The van der Waals surface area contributed by atoms with Gasteiger partial charge in [-0.15, -0.1) is 0 Å². The summed E-state index contributed by atoms with van der Waals surface area (Å²) < 4.78 is 27.3. The summed E-state index contributed by atoms with van der Waals surface area (Å²) in [5, 5.41) is 3.33. The van der Waals surface area contributed by atoms with Gasteiger partial charge in [-0.25, -0.2) is 8.42 Å². The third-order valence-electron chi connectivity index (χ3n) is 6.18. The summed E-state index contributed by atoms with van der Waals surface area (Å²) in [7, 11) is -3.80. The van der Waals surface area contributed by atoms with Gasteiger partial charge in [-0.05, 0) is 43.4 Å². The Kier molecular flexibility index (Phi) is 6.13. The van der Waals surface area contributed by atoms with Crippen LogP contribution in [-0.4, -0.2) is 38.3 Å². The van der Waals surface area contributed by atoms with Crippen LogP contribution < -0.4 is 5.32 Å². The molecule has 0 aromatic heterocycles. The van der Waals surface area contributed by atoms with Gasteiger partial charge in [0.05, 0.1) is 10.0 Å². The molecule has 5 nitrogen and oxygen atoms in total. The summed E-state index contributed by atoms with van der Waals surface area (Å²) in [6.07, 6.45) is 3.11. The lowest BCUT2D eigenvalue weighted by Crippen LogP contribution is -2.44. The number of hydrogen-bond acceptors (Lipinski definition) is 3. The molecule has 1 N–H and O–H groups in total. The zero-order valence-corrected chi connectivity index (χ0v) is 18.8. The highest BCUT2D eigenvalue weighted by molar-refractivity contribution is 7.89. The van der Waals surface area contributed by atoms with Crippen molar-refractivity contribution in [3.05, 3.63) is 64.1 Å². The number of rotatable bonds is 6. The number of sulfonamides is 1. The van der Waals surface area contributed by atoms with E-state index in [2.05, 4.69) is 17.4 Å². The number of carbonyl (C=O) groups excluding carboxylic acids is 1. The molecule has 1 amide bonds. The van der Waals surface area contributed by atoms with Crippen molar-refractivity contribution >= 4 is 39.1 Å². The molecule has 8 heteroatoms. The molecular formula is C22H24Cl2N2O3S. The molecule has 2 aromatic rings. The maximum absolute atomic E-state index is 13.0. The van der Waals surface area contributed by atoms with Crippen LogP contribution in [0.3, 0.4) is 0 Å². The molecule has 2 aliphatic rings. The number of amides is 1. The summed E-state index contributed by atoms with van der Waals surface area (Å²) in [6.45, 7) is 1.17. The first kappa shape index (κ1) is 21.6. The SMILES string of the molecule is O=C(NCC1(c2ccccc2)CC1)C1CCN(S(=O)(=O)c2c(Cl)cccc2Cl)CC1. The van der Waals surface area contributed by atoms with Gasteiger partial charge in [0.25, 0.3) is 0 Å². The number of piperidine rings is 1. The molecule has 1 saturated carbocycles. The largest absolute Gasteiger partial charge is 0.355 e. The van der Waals surface area contributed by atoms with Crippen molar-refractivity contribution in [2.45, 2.75) is 36.0 Å². The third kappa shape index (κ3) is 4.24. The van der Waals surface area contributed by atoms with Crippen molar-refractivity contribution in [1.82, 2.24) is 9.62 Å². The summed E-state index contributed by atoms with van der Waals surface area (Å²) in [5.74, 6) is -0.185. The summed E-state index contributed by atoms with van der Waals surface area (Å²) in [4.78, 5) is 12.7. The van der Waals surface area contributed by atoms with Crippen LogP contribution in [-0.2, 0) is 20.2 Å². The average molecular weight is 467 g/mol. The monoisotopic (exact) mass is 466 g/mol. The molecular weight excluding hydrogens is 443 g/mol. The van der Waals surface area contributed by atoms with Crippen molar-refractivity contribution < 1.29 is 13.2 Å². The minimum Gasteiger partial charge on any atom is -0.355 e. The van der Waals surface area contributed by atoms with E-state index in [0.717, 1.165) is 12.8 Å². The Morgan fingerprint density at radius 2 is 1.60 bits per heavy atom. The Morgan fingerprint density at radius 3 is 2.17 bits per heavy atom. The number of carbonyl (C=O) groups is 1. The smallest absolute Gasteiger partial charge is 0.246 e. The van der Waals surface area contributed by atoms with Crippen LogP contribution in [0.1, 0.15) is 31.2 Å². The molecule has 0 bridgehead atoms. The minimum absolute atomic E-state index is 0.00466. The third-order valence-corrected chi connectivity index (χ3v) is 9.04. The average Bonchev–Trinajstić information content (AvgIpc) is 3.54.